The molecule has 0 aromatic rings. The van der Waals surface area contributed by atoms with E-state index in [0.29, 0.717) is 23.2 Å². The third-order valence-electron chi connectivity index (χ3n) is 10.6. The molecule has 0 aliphatic heterocycles. The Morgan fingerprint density at radius 2 is 1.70 bits per heavy atom. The lowest BCUT2D eigenvalue weighted by Gasteiger charge is -2.58. The fraction of sp³-hybridized carbons (Fsp3) is 0.926. The number of allylic oxidation sites excluding steroid dienone is 1. The molecule has 0 aromatic carbocycles. The molecule has 0 radical (unpaired) electrons. The van der Waals surface area contributed by atoms with Crippen LogP contribution in [-0.4, -0.2) is 33.6 Å². The lowest BCUT2D eigenvalue weighted by molar-refractivity contribution is -0.0722. The van der Waals surface area contributed by atoms with Gasteiger partial charge in [0.2, 0.25) is 0 Å². The van der Waals surface area contributed by atoms with Crippen molar-refractivity contribution < 1.29 is 15.3 Å². The summed E-state index contributed by atoms with van der Waals surface area (Å²) in [5, 5.41) is 31.5. The zero-order chi connectivity index (χ0) is 21.8. The van der Waals surface area contributed by atoms with E-state index in [9.17, 15) is 15.3 Å². The van der Waals surface area contributed by atoms with Crippen molar-refractivity contribution in [2.45, 2.75) is 111 Å². The molecule has 0 saturated heterocycles. The Labute approximate surface area is 184 Å². The average molecular weight is 419 g/mol. The number of rotatable bonds is 5. The predicted octanol–water partition coefficient (Wildman–Crippen LogP) is 5.33. The Morgan fingerprint density at radius 3 is 2.40 bits per heavy atom. The van der Waals surface area contributed by atoms with Crippen molar-refractivity contribution in [1.29, 1.82) is 0 Å². The van der Waals surface area contributed by atoms with Gasteiger partial charge in [-0.25, -0.2) is 0 Å². The van der Waals surface area contributed by atoms with Gasteiger partial charge in [-0.15, -0.1) is 0 Å². The maximum atomic E-state index is 11.0. The standard InChI is InChI=1S/C27H46O3/c1-16(2)24(29)15-25(30)17(3)21-8-9-22-20-7-6-18-14-19(28)10-12-26(18,4)23(20)11-13-27(21,22)5/h6,16-17,19-25,28-30H,7-15H2,1-5H3/t17-,19-,20?,21+,22?,23?,24-,25+,26-,27+/m0/s1. The van der Waals surface area contributed by atoms with Gasteiger partial charge in [-0.2, -0.15) is 0 Å². The zero-order valence-electron chi connectivity index (χ0n) is 20.0. The quantitative estimate of drug-likeness (QED) is 0.529. The fourth-order valence-corrected chi connectivity index (χ4v) is 8.55. The van der Waals surface area contributed by atoms with Crippen LogP contribution in [0.15, 0.2) is 11.6 Å². The Morgan fingerprint density at radius 1 is 0.967 bits per heavy atom. The Balaban J connectivity index is 1.51. The summed E-state index contributed by atoms with van der Waals surface area (Å²) < 4.78 is 0. The molecule has 0 heterocycles. The van der Waals surface area contributed by atoms with E-state index in [1.807, 2.05) is 13.8 Å². The van der Waals surface area contributed by atoms with Crippen LogP contribution in [0.4, 0.5) is 0 Å². The van der Waals surface area contributed by atoms with Gasteiger partial charge < -0.3 is 15.3 Å². The highest BCUT2D eigenvalue weighted by molar-refractivity contribution is 5.25. The summed E-state index contributed by atoms with van der Waals surface area (Å²) in [6, 6.07) is 0. The highest BCUT2D eigenvalue weighted by Crippen LogP contribution is 2.67. The second kappa shape index (κ2) is 8.19. The first-order chi connectivity index (χ1) is 14.1. The van der Waals surface area contributed by atoms with Crippen LogP contribution in [0.1, 0.15) is 92.4 Å². The zero-order valence-corrected chi connectivity index (χ0v) is 20.0. The van der Waals surface area contributed by atoms with Gasteiger partial charge in [0.1, 0.15) is 0 Å². The van der Waals surface area contributed by atoms with Gasteiger partial charge in [0, 0.05) is 0 Å². The maximum Gasteiger partial charge on any atom is 0.0593 e. The summed E-state index contributed by atoms with van der Waals surface area (Å²) in [6.07, 6.45) is 11.4. The first-order valence-electron chi connectivity index (χ1n) is 12.8. The van der Waals surface area contributed by atoms with Crippen LogP contribution in [0.5, 0.6) is 0 Å². The van der Waals surface area contributed by atoms with E-state index in [4.69, 9.17) is 0 Å². The molecule has 0 amide bonds. The van der Waals surface area contributed by atoms with Gasteiger partial charge in [0.05, 0.1) is 18.3 Å². The van der Waals surface area contributed by atoms with Crippen LogP contribution >= 0.6 is 0 Å². The summed E-state index contributed by atoms with van der Waals surface area (Å²) >= 11 is 0. The topological polar surface area (TPSA) is 60.7 Å². The smallest absolute Gasteiger partial charge is 0.0593 e. The summed E-state index contributed by atoms with van der Waals surface area (Å²) in [5.74, 6) is 3.30. The van der Waals surface area contributed by atoms with Gasteiger partial charge >= 0.3 is 0 Å². The molecule has 0 aromatic heterocycles. The molecule has 3 nitrogen and oxygen atoms in total. The molecule has 30 heavy (non-hydrogen) atoms. The first kappa shape index (κ1) is 22.8. The second-order valence-electron chi connectivity index (χ2n) is 12.4. The van der Waals surface area contributed by atoms with Crippen LogP contribution < -0.4 is 0 Å². The molecule has 4 aliphatic carbocycles. The molecule has 3 N–H and O–H groups in total. The number of hydrogen-bond acceptors (Lipinski definition) is 3. The minimum atomic E-state index is -0.410. The fourth-order valence-electron chi connectivity index (χ4n) is 8.55. The monoisotopic (exact) mass is 418 g/mol. The number of aliphatic hydroxyl groups excluding tert-OH is 3. The number of fused-ring (bicyclic) bond motifs is 5. The number of aliphatic hydroxyl groups is 3. The minimum absolute atomic E-state index is 0.130. The minimum Gasteiger partial charge on any atom is -0.393 e. The van der Waals surface area contributed by atoms with Crippen molar-refractivity contribution in [3.8, 4) is 0 Å². The van der Waals surface area contributed by atoms with Crippen LogP contribution in [0.25, 0.3) is 0 Å². The average Bonchev–Trinajstić information content (AvgIpc) is 3.04. The normalized spacial score (nSPS) is 46.4. The van der Waals surface area contributed by atoms with Crippen molar-refractivity contribution >= 4 is 0 Å². The molecule has 4 aliphatic rings. The van der Waals surface area contributed by atoms with Gasteiger partial charge in [-0.05, 0) is 104 Å². The predicted molar refractivity (Wildman–Crippen MR) is 122 cm³/mol. The van der Waals surface area contributed by atoms with Crippen LogP contribution in [-0.2, 0) is 0 Å². The van der Waals surface area contributed by atoms with Crippen molar-refractivity contribution in [3.63, 3.8) is 0 Å². The Bertz CT molecular complexity index is 656. The van der Waals surface area contributed by atoms with Gasteiger partial charge in [-0.3, -0.25) is 0 Å². The van der Waals surface area contributed by atoms with E-state index >= 15 is 0 Å². The molecule has 3 saturated carbocycles. The Kier molecular flexibility index (Phi) is 6.23. The largest absolute Gasteiger partial charge is 0.393 e. The Hall–Kier alpha value is -0.380. The maximum absolute atomic E-state index is 11.0. The highest BCUT2D eigenvalue weighted by atomic mass is 16.3. The van der Waals surface area contributed by atoms with Gasteiger partial charge in [0.25, 0.3) is 0 Å². The first-order valence-corrected chi connectivity index (χ1v) is 12.8. The lowest BCUT2D eigenvalue weighted by Crippen LogP contribution is -2.51. The molecule has 10 atom stereocenters. The molecule has 3 unspecified atom stereocenters. The summed E-state index contributed by atoms with van der Waals surface area (Å²) in [7, 11) is 0. The van der Waals surface area contributed by atoms with Crippen molar-refractivity contribution in [2.24, 2.45) is 46.3 Å². The summed E-state index contributed by atoms with van der Waals surface area (Å²) in [4.78, 5) is 0. The van der Waals surface area contributed by atoms with Gasteiger partial charge in [-0.1, -0.05) is 46.3 Å². The molecule has 0 spiro atoms. The van der Waals surface area contributed by atoms with Crippen molar-refractivity contribution in [1.82, 2.24) is 0 Å². The van der Waals surface area contributed by atoms with E-state index in [2.05, 4.69) is 26.8 Å². The van der Waals surface area contributed by atoms with Crippen LogP contribution in [0.3, 0.4) is 0 Å². The summed E-state index contributed by atoms with van der Waals surface area (Å²) in [5.41, 5.74) is 2.17. The molecular weight excluding hydrogens is 372 g/mol. The third kappa shape index (κ3) is 3.61. The SMILES string of the molecule is CC(C)[C@@H](O)C[C@@H](O)[C@@H](C)[C@H]1CCC2C3CC=C4C[C@@H](O)CC[C@]4(C)C3CC[C@@]21C. The molecule has 3 heteroatoms. The van der Waals surface area contributed by atoms with E-state index in [1.54, 1.807) is 5.57 Å². The van der Waals surface area contributed by atoms with Crippen LogP contribution in [0, 0.1) is 46.3 Å². The molecule has 3 fully saturated rings. The van der Waals surface area contributed by atoms with E-state index in [0.717, 1.165) is 37.0 Å². The highest BCUT2D eigenvalue weighted by Gasteiger charge is 2.59. The van der Waals surface area contributed by atoms with Crippen molar-refractivity contribution in [3.05, 3.63) is 11.6 Å². The number of hydrogen-bond donors (Lipinski definition) is 3. The van der Waals surface area contributed by atoms with E-state index in [-0.39, 0.29) is 17.9 Å². The third-order valence-corrected chi connectivity index (χ3v) is 10.6. The van der Waals surface area contributed by atoms with Crippen LogP contribution in [0.2, 0.25) is 0 Å². The van der Waals surface area contributed by atoms with E-state index < -0.39 is 12.2 Å². The van der Waals surface area contributed by atoms with E-state index in [1.165, 1.54) is 32.1 Å². The summed E-state index contributed by atoms with van der Waals surface area (Å²) in [6.45, 7) is 11.3. The molecule has 172 valence electrons. The lowest BCUT2D eigenvalue weighted by atomic mass is 9.47. The molecule has 0 bridgehead atoms. The van der Waals surface area contributed by atoms with Crippen molar-refractivity contribution in [2.75, 3.05) is 0 Å². The van der Waals surface area contributed by atoms with Gasteiger partial charge in [0.15, 0.2) is 0 Å². The molecule has 4 rings (SSSR count). The second-order valence-corrected chi connectivity index (χ2v) is 12.4. The molecular formula is C27H46O3.